The molecule has 1 aromatic heterocycles. The number of nitrogens with one attached hydrogen (secondary N) is 1. The quantitative estimate of drug-likeness (QED) is 0.774. The van der Waals surface area contributed by atoms with Crippen LogP contribution in [0.2, 0.25) is 0 Å². The monoisotopic (exact) mass is 380 g/mol. The van der Waals surface area contributed by atoms with Gasteiger partial charge in [0.1, 0.15) is 0 Å². The maximum absolute atomic E-state index is 12.4. The van der Waals surface area contributed by atoms with Crippen LogP contribution in [0.25, 0.3) is 0 Å². The fraction of sp³-hybridized carbons (Fsp3) is 0.667. The van der Waals surface area contributed by atoms with Crippen molar-refractivity contribution in [2.75, 3.05) is 65.6 Å². The van der Waals surface area contributed by atoms with E-state index in [0.29, 0.717) is 39.4 Å². The van der Waals surface area contributed by atoms with Gasteiger partial charge in [-0.05, 0) is 18.4 Å². The Kier molecular flexibility index (Phi) is 7.01. The molecule has 1 unspecified atom stereocenters. The maximum atomic E-state index is 12.4. The number of hydrogen-bond donors (Lipinski definition) is 1. The van der Waals surface area contributed by atoms with Crippen molar-refractivity contribution >= 4 is 23.2 Å². The summed E-state index contributed by atoms with van der Waals surface area (Å²) in [4.78, 5) is 32.0. The van der Waals surface area contributed by atoms with Gasteiger partial charge >= 0.3 is 0 Å². The smallest absolute Gasteiger partial charge is 0.236 e. The molecule has 1 aromatic rings. The van der Waals surface area contributed by atoms with Crippen LogP contribution in [0.1, 0.15) is 17.8 Å². The number of amides is 2. The van der Waals surface area contributed by atoms with Crippen molar-refractivity contribution in [1.82, 2.24) is 20.0 Å². The number of hydrogen-bond acceptors (Lipinski definition) is 6. The van der Waals surface area contributed by atoms with Gasteiger partial charge in [0.15, 0.2) is 0 Å². The van der Waals surface area contributed by atoms with Crippen molar-refractivity contribution in [1.29, 1.82) is 0 Å². The number of nitrogens with zero attached hydrogens (tertiary/aromatic N) is 3. The van der Waals surface area contributed by atoms with E-state index in [4.69, 9.17) is 4.74 Å². The number of carbonyl (C=O) groups is 2. The molecule has 2 aliphatic heterocycles. The van der Waals surface area contributed by atoms with Gasteiger partial charge in [0, 0.05) is 44.1 Å². The predicted octanol–water partition coefficient (Wildman–Crippen LogP) is 0.402. The van der Waals surface area contributed by atoms with Gasteiger partial charge < -0.3 is 15.0 Å². The Morgan fingerprint density at radius 3 is 2.46 bits per heavy atom. The molecule has 0 spiro atoms. The second kappa shape index (κ2) is 9.45. The van der Waals surface area contributed by atoms with Crippen LogP contribution in [0, 0.1) is 0 Å². The van der Waals surface area contributed by atoms with E-state index in [-0.39, 0.29) is 17.9 Å². The summed E-state index contributed by atoms with van der Waals surface area (Å²) in [7, 11) is 0. The Morgan fingerprint density at radius 2 is 1.81 bits per heavy atom. The highest BCUT2D eigenvalue weighted by Crippen LogP contribution is 2.17. The molecule has 2 saturated heterocycles. The number of carbonyl (C=O) groups excluding carboxylic acids is 2. The van der Waals surface area contributed by atoms with E-state index in [9.17, 15) is 9.59 Å². The first-order valence-electron chi connectivity index (χ1n) is 9.25. The van der Waals surface area contributed by atoms with E-state index in [1.807, 2.05) is 29.3 Å². The zero-order valence-electron chi connectivity index (χ0n) is 15.4. The van der Waals surface area contributed by atoms with Crippen LogP contribution in [-0.2, 0) is 14.3 Å². The topological polar surface area (TPSA) is 65.1 Å². The highest BCUT2D eigenvalue weighted by atomic mass is 32.1. The van der Waals surface area contributed by atoms with Gasteiger partial charge in [0.2, 0.25) is 11.8 Å². The number of thiophene rings is 1. The second-order valence-electron chi connectivity index (χ2n) is 6.85. The zero-order chi connectivity index (χ0) is 18.4. The van der Waals surface area contributed by atoms with Crippen LogP contribution in [-0.4, -0.2) is 92.1 Å². The lowest BCUT2D eigenvalue weighted by Gasteiger charge is -2.36. The molecule has 3 heterocycles. The Balaban J connectivity index is 1.36. The van der Waals surface area contributed by atoms with Gasteiger partial charge in [-0.25, -0.2) is 0 Å². The molecule has 0 bridgehead atoms. The summed E-state index contributed by atoms with van der Waals surface area (Å²) in [6.45, 7) is 8.82. The molecule has 8 heteroatoms. The van der Waals surface area contributed by atoms with Gasteiger partial charge in [-0.1, -0.05) is 6.07 Å². The van der Waals surface area contributed by atoms with Crippen molar-refractivity contribution in [3.05, 3.63) is 22.4 Å². The van der Waals surface area contributed by atoms with Crippen LogP contribution in [0.5, 0.6) is 0 Å². The number of piperazine rings is 1. The maximum Gasteiger partial charge on any atom is 0.236 e. The van der Waals surface area contributed by atoms with Gasteiger partial charge in [-0.2, -0.15) is 0 Å². The molecule has 0 saturated carbocycles. The lowest BCUT2D eigenvalue weighted by atomic mass is 10.2. The van der Waals surface area contributed by atoms with Crippen LogP contribution < -0.4 is 5.32 Å². The summed E-state index contributed by atoms with van der Waals surface area (Å²) in [5, 5.41) is 5.07. The Labute approximate surface area is 158 Å². The van der Waals surface area contributed by atoms with Gasteiger partial charge in [0.25, 0.3) is 0 Å². The third-order valence-corrected chi connectivity index (χ3v) is 5.96. The first-order chi connectivity index (χ1) is 12.6. The summed E-state index contributed by atoms with van der Waals surface area (Å²) < 4.78 is 5.32. The summed E-state index contributed by atoms with van der Waals surface area (Å²) in [6.07, 6.45) is 0. The van der Waals surface area contributed by atoms with Crippen LogP contribution in [0.4, 0.5) is 0 Å². The molecule has 0 radical (unpaired) electrons. The molecule has 26 heavy (non-hydrogen) atoms. The summed E-state index contributed by atoms with van der Waals surface area (Å²) in [5.74, 6) is 0.223. The van der Waals surface area contributed by atoms with Crippen LogP contribution >= 0.6 is 11.3 Å². The molecule has 3 rings (SSSR count). The minimum Gasteiger partial charge on any atom is -0.379 e. The predicted molar refractivity (Wildman–Crippen MR) is 101 cm³/mol. The van der Waals surface area contributed by atoms with Gasteiger partial charge in [0.05, 0.1) is 32.3 Å². The molecular formula is C18H28N4O3S. The first kappa shape index (κ1) is 19.3. The number of rotatable bonds is 6. The molecule has 1 N–H and O–H groups in total. The standard InChI is InChI=1S/C18H28N4O3S/c1-15(16-3-2-12-26-16)19-17(23)13-20-4-6-22(7-5-20)18(24)14-21-8-10-25-11-9-21/h2-3,12,15H,4-11,13-14H2,1H3,(H,19,23). The fourth-order valence-electron chi connectivity index (χ4n) is 3.30. The Morgan fingerprint density at radius 1 is 1.12 bits per heavy atom. The molecule has 7 nitrogen and oxygen atoms in total. The van der Waals surface area contributed by atoms with Crippen molar-refractivity contribution in [3.8, 4) is 0 Å². The largest absolute Gasteiger partial charge is 0.379 e. The van der Waals surface area contributed by atoms with Gasteiger partial charge in [-0.15, -0.1) is 11.3 Å². The zero-order valence-corrected chi connectivity index (χ0v) is 16.2. The van der Waals surface area contributed by atoms with Crippen molar-refractivity contribution < 1.29 is 14.3 Å². The highest BCUT2D eigenvalue weighted by Gasteiger charge is 2.24. The van der Waals surface area contributed by atoms with Crippen LogP contribution in [0.3, 0.4) is 0 Å². The van der Waals surface area contributed by atoms with Crippen molar-refractivity contribution in [2.24, 2.45) is 0 Å². The third-order valence-electron chi connectivity index (χ3n) is 4.90. The van der Waals surface area contributed by atoms with Crippen molar-refractivity contribution in [2.45, 2.75) is 13.0 Å². The summed E-state index contributed by atoms with van der Waals surface area (Å²) in [6, 6.07) is 4.07. The highest BCUT2D eigenvalue weighted by molar-refractivity contribution is 7.10. The van der Waals surface area contributed by atoms with Crippen LogP contribution in [0.15, 0.2) is 17.5 Å². The number of morpholine rings is 1. The molecule has 1 atom stereocenters. The van der Waals surface area contributed by atoms with E-state index in [1.165, 1.54) is 0 Å². The van der Waals surface area contributed by atoms with E-state index in [2.05, 4.69) is 15.1 Å². The summed E-state index contributed by atoms with van der Waals surface area (Å²) >= 11 is 1.65. The minimum atomic E-state index is 0.0406. The molecule has 2 amide bonds. The molecule has 144 valence electrons. The first-order valence-corrected chi connectivity index (χ1v) is 10.1. The summed E-state index contributed by atoms with van der Waals surface area (Å²) in [5.41, 5.74) is 0. The lowest BCUT2D eigenvalue weighted by Crippen LogP contribution is -2.53. The fourth-order valence-corrected chi connectivity index (χ4v) is 4.04. The normalized spacial score (nSPS) is 20.7. The lowest BCUT2D eigenvalue weighted by molar-refractivity contribution is -0.135. The van der Waals surface area contributed by atoms with Crippen molar-refractivity contribution in [3.63, 3.8) is 0 Å². The Bertz CT molecular complexity index is 581. The van der Waals surface area contributed by atoms with E-state index >= 15 is 0 Å². The Hall–Kier alpha value is -1.48. The molecule has 2 fully saturated rings. The number of ether oxygens (including phenoxy) is 1. The molecule has 0 aromatic carbocycles. The van der Waals surface area contributed by atoms with E-state index in [0.717, 1.165) is 31.1 Å². The third kappa shape index (κ3) is 5.51. The molecular weight excluding hydrogens is 352 g/mol. The minimum absolute atomic E-state index is 0.0406. The van der Waals surface area contributed by atoms with E-state index in [1.54, 1.807) is 11.3 Å². The van der Waals surface area contributed by atoms with E-state index < -0.39 is 0 Å². The average Bonchev–Trinajstić information content (AvgIpc) is 3.18. The average molecular weight is 381 g/mol. The van der Waals surface area contributed by atoms with Gasteiger partial charge in [-0.3, -0.25) is 19.4 Å². The SMILES string of the molecule is CC(NC(=O)CN1CCN(C(=O)CN2CCOCC2)CC1)c1cccs1. The molecule has 2 aliphatic rings. The molecule has 0 aliphatic carbocycles. The second-order valence-corrected chi connectivity index (χ2v) is 7.83.